The molecular formula is C17H23N. The van der Waals surface area contributed by atoms with Gasteiger partial charge in [-0.3, -0.25) is 0 Å². The first-order chi connectivity index (χ1) is 8.71. The van der Waals surface area contributed by atoms with E-state index in [9.17, 15) is 0 Å². The minimum Gasteiger partial charge on any atom is -0.399 e. The molecule has 0 aromatic heterocycles. The maximum absolute atomic E-state index is 5.79. The van der Waals surface area contributed by atoms with Crippen LogP contribution < -0.4 is 5.73 Å². The normalized spacial score (nSPS) is 41.2. The Morgan fingerprint density at radius 3 is 1.89 bits per heavy atom. The van der Waals surface area contributed by atoms with Crippen LogP contribution in [0, 0.1) is 23.2 Å². The van der Waals surface area contributed by atoms with Gasteiger partial charge in [0.05, 0.1) is 0 Å². The third-order valence-electron chi connectivity index (χ3n) is 5.72. The summed E-state index contributed by atoms with van der Waals surface area (Å²) in [6.45, 7) is 0. The quantitative estimate of drug-likeness (QED) is 0.777. The zero-order chi connectivity index (χ0) is 12.2. The van der Waals surface area contributed by atoms with Gasteiger partial charge in [-0.1, -0.05) is 12.1 Å². The van der Waals surface area contributed by atoms with Crippen LogP contribution >= 0.6 is 0 Å². The van der Waals surface area contributed by atoms with E-state index in [-0.39, 0.29) is 0 Å². The Balaban J connectivity index is 1.58. The van der Waals surface area contributed by atoms with Crippen LogP contribution in [0.1, 0.15) is 44.1 Å². The predicted molar refractivity (Wildman–Crippen MR) is 75.2 cm³/mol. The van der Waals surface area contributed by atoms with Crippen molar-refractivity contribution in [2.24, 2.45) is 23.2 Å². The molecule has 0 unspecified atom stereocenters. The Morgan fingerprint density at radius 2 is 1.39 bits per heavy atom. The highest BCUT2D eigenvalue weighted by molar-refractivity contribution is 5.39. The van der Waals surface area contributed by atoms with Crippen LogP contribution in [0.25, 0.3) is 0 Å². The van der Waals surface area contributed by atoms with E-state index >= 15 is 0 Å². The van der Waals surface area contributed by atoms with Gasteiger partial charge in [-0.2, -0.15) is 0 Å². The summed E-state index contributed by atoms with van der Waals surface area (Å²) in [5.41, 5.74) is 8.84. The van der Waals surface area contributed by atoms with Gasteiger partial charge in [0.1, 0.15) is 0 Å². The topological polar surface area (TPSA) is 26.0 Å². The molecule has 4 aliphatic carbocycles. The number of benzene rings is 1. The lowest BCUT2D eigenvalue weighted by Gasteiger charge is -2.57. The maximum Gasteiger partial charge on any atom is 0.0314 e. The highest BCUT2D eigenvalue weighted by atomic mass is 14.6. The summed E-state index contributed by atoms with van der Waals surface area (Å²) >= 11 is 0. The molecule has 18 heavy (non-hydrogen) atoms. The summed E-state index contributed by atoms with van der Waals surface area (Å²) < 4.78 is 0. The number of hydrogen-bond donors (Lipinski definition) is 1. The minimum absolute atomic E-state index is 0.658. The van der Waals surface area contributed by atoms with Gasteiger partial charge in [-0.15, -0.1) is 0 Å². The van der Waals surface area contributed by atoms with Crippen molar-refractivity contribution < 1.29 is 0 Å². The summed E-state index contributed by atoms with van der Waals surface area (Å²) in [6, 6.07) is 8.62. The van der Waals surface area contributed by atoms with Gasteiger partial charge in [0.15, 0.2) is 0 Å². The predicted octanol–water partition coefficient (Wildman–Crippen LogP) is 4.03. The van der Waals surface area contributed by atoms with E-state index in [1.807, 2.05) is 0 Å². The van der Waals surface area contributed by atoms with Crippen molar-refractivity contribution in [1.29, 1.82) is 0 Å². The molecule has 0 heterocycles. The average molecular weight is 241 g/mol. The molecule has 2 N–H and O–H groups in total. The van der Waals surface area contributed by atoms with Crippen molar-refractivity contribution in [1.82, 2.24) is 0 Å². The van der Waals surface area contributed by atoms with Gasteiger partial charge in [0.2, 0.25) is 0 Å². The summed E-state index contributed by atoms with van der Waals surface area (Å²) in [4.78, 5) is 0. The van der Waals surface area contributed by atoms with E-state index in [4.69, 9.17) is 5.73 Å². The highest BCUT2D eigenvalue weighted by Crippen LogP contribution is 2.61. The summed E-state index contributed by atoms with van der Waals surface area (Å²) in [5.74, 6) is 3.18. The van der Waals surface area contributed by atoms with E-state index in [1.54, 1.807) is 19.3 Å². The Hall–Kier alpha value is -0.980. The molecule has 1 heteroatoms. The maximum atomic E-state index is 5.79. The number of anilines is 1. The number of nitrogens with two attached hydrogens (primary N) is 1. The monoisotopic (exact) mass is 241 g/mol. The van der Waals surface area contributed by atoms with Gasteiger partial charge < -0.3 is 5.73 Å². The lowest BCUT2D eigenvalue weighted by Crippen LogP contribution is -2.47. The second kappa shape index (κ2) is 3.76. The molecule has 0 saturated heterocycles. The SMILES string of the molecule is Nc1ccc(CC23CC4CC(CC(C4)C2)C3)cc1. The lowest BCUT2D eigenvalue weighted by molar-refractivity contribution is -0.0521. The van der Waals surface area contributed by atoms with Crippen molar-refractivity contribution in [3.05, 3.63) is 29.8 Å². The molecule has 4 fully saturated rings. The van der Waals surface area contributed by atoms with Gasteiger partial charge >= 0.3 is 0 Å². The van der Waals surface area contributed by atoms with Crippen molar-refractivity contribution in [3.8, 4) is 0 Å². The molecule has 1 aromatic rings. The van der Waals surface area contributed by atoms with Crippen LogP contribution in [0.15, 0.2) is 24.3 Å². The van der Waals surface area contributed by atoms with Gasteiger partial charge in [-0.05, 0) is 85.8 Å². The van der Waals surface area contributed by atoms with Crippen molar-refractivity contribution in [2.45, 2.75) is 44.9 Å². The molecule has 4 bridgehead atoms. The molecule has 4 saturated carbocycles. The molecular weight excluding hydrogens is 218 g/mol. The van der Waals surface area contributed by atoms with Crippen molar-refractivity contribution in [3.63, 3.8) is 0 Å². The molecule has 0 aliphatic heterocycles. The zero-order valence-electron chi connectivity index (χ0n) is 11.1. The van der Waals surface area contributed by atoms with Gasteiger partial charge in [-0.25, -0.2) is 0 Å². The minimum atomic E-state index is 0.658. The Bertz CT molecular complexity index is 410. The van der Waals surface area contributed by atoms with Gasteiger partial charge in [0, 0.05) is 5.69 Å². The second-order valence-electron chi connectivity index (χ2n) is 7.34. The largest absolute Gasteiger partial charge is 0.399 e. The van der Waals surface area contributed by atoms with E-state index < -0.39 is 0 Å². The second-order valence-corrected chi connectivity index (χ2v) is 7.34. The fourth-order valence-electron chi connectivity index (χ4n) is 5.58. The molecule has 5 rings (SSSR count). The standard InChI is InChI=1S/C17H23N/c18-16-3-1-12(2-4-16)8-17-9-13-5-14(10-17)7-15(6-13)11-17/h1-4,13-15H,5-11,18H2. The van der Waals surface area contributed by atoms with Crippen LogP contribution in [0.4, 0.5) is 5.69 Å². The first kappa shape index (κ1) is 10.9. The van der Waals surface area contributed by atoms with E-state index in [2.05, 4.69) is 24.3 Å². The number of nitrogen functional groups attached to an aromatic ring is 1. The average Bonchev–Trinajstić information content (AvgIpc) is 2.30. The summed E-state index contributed by atoms with van der Waals surface area (Å²) in [5, 5.41) is 0. The Labute approximate surface area is 110 Å². The summed E-state index contributed by atoms with van der Waals surface area (Å²) in [6.07, 6.45) is 10.4. The van der Waals surface area contributed by atoms with Crippen LogP contribution in [0.5, 0.6) is 0 Å². The van der Waals surface area contributed by atoms with E-state index in [0.717, 1.165) is 23.4 Å². The number of hydrogen-bond acceptors (Lipinski definition) is 1. The van der Waals surface area contributed by atoms with Crippen LogP contribution in [-0.2, 0) is 6.42 Å². The number of rotatable bonds is 2. The highest BCUT2D eigenvalue weighted by Gasteiger charge is 2.50. The molecule has 0 spiro atoms. The Morgan fingerprint density at radius 1 is 0.889 bits per heavy atom. The van der Waals surface area contributed by atoms with Crippen molar-refractivity contribution in [2.75, 3.05) is 5.73 Å². The molecule has 96 valence electrons. The van der Waals surface area contributed by atoms with E-state index in [0.29, 0.717) is 5.41 Å². The summed E-state index contributed by atoms with van der Waals surface area (Å²) in [7, 11) is 0. The van der Waals surface area contributed by atoms with Gasteiger partial charge in [0.25, 0.3) is 0 Å². The molecule has 1 nitrogen and oxygen atoms in total. The lowest BCUT2D eigenvalue weighted by atomic mass is 9.48. The first-order valence-electron chi connectivity index (χ1n) is 7.55. The molecule has 0 atom stereocenters. The Kier molecular flexibility index (Phi) is 2.27. The third kappa shape index (κ3) is 1.75. The van der Waals surface area contributed by atoms with Crippen LogP contribution in [0.3, 0.4) is 0 Å². The van der Waals surface area contributed by atoms with Crippen LogP contribution in [-0.4, -0.2) is 0 Å². The van der Waals surface area contributed by atoms with Crippen LogP contribution in [0.2, 0.25) is 0 Å². The molecule has 0 radical (unpaired) electrons. The third-order valence-corrected chi connectivity index (χ3v) is 5.72. The molecule has 0 amide bonds. The fraction of sp³-hybridized carbons (Fsp3) is 0.647. The fourth-order valence-corrected chi connectivity index (χ4v) is 5.58. The first-order valence-corrected chi connectivity index (χ1v) is 7.55. The zero-order valence-corrected chi connectivity index (χ0v) is 11.1. The van der Waals surface area contributed by atoms with Crippen molar-refractivity contribution >= 4 is 5.69 Å². The van der Waals surface area contributed by atoms with E-state index in [1.165, 1.54) is 31.2 Å². The molecule has 4 aliphatic rings. The molecule has 1 aromatic carbocycles. The smallest absolute Gasteiger partial charge is 0.0314 e.